The molecule has 1 atom stereocenters. The summed E-state index contributed by atoms with van der Waals surface area (Å²) >= 11 is 0. The van der Waals surface area contributed by atoms with E-state index in [1.807, 2.05) is 35.4 Å². The van der Waals surface area contributed by atoms with E-state index in [4.69, 9.17) is 0 Å². The standard InChI is InChI=1S/C20H23N3O2/c24-14-17-5-3-8-22(17)13-15-10-18(12-21-11-15)23-9-7-16-4-1-2-6-19(16)20(23)25/h1-2,4,6,10-12,17,24H,3,5,7-9,13-14H2/t17-/m1/s1. The minimum absolute atomic E-state index is 0.0511. The van der Waals surface area contributed by atoms with E-state index in [9.17, 15) is 9.90 Å². The van der Waals surface area contributed by atoms with Gasteiger partial charge in [-0.1, -0.05) is 18.2 Å². The molecule has 5 nitrogen and oxygen atoms in total. The molecule has 4 rings (SSSR count). The van der Waals surface area contributed by atoms with Crippen molar-refractivity contribution < 1.29 is 9.90 Å². The number of aliphatic hydroxyl groups excluding tert-OH is 1. The lowest BCUT2D eigenvalue weighted by Crippen LogP contribution is -2.37. The Hall–Kier alpha value is -2.24. The van der Waals surface area contributed by atoms with Crippen LogP contribution in [0.15, 0.2) is 42.7 Å². The van der Waals surface area contributed by atoms with Gasteiger partial charge in [0.05, 0.1) is 18.5 Å². The minimum Gasteiger partial charge on any atom is -0.395 e. The van der Waals surface area contributed by atoms with Crippen molar-refractivity contribution in [3.63, 3.8) is 0 Å². The summed E-state index contributed by atoms with van der Waals surface area (Å²) in [6.45, 7) is 2.66. The summed E-state index contributed by atoms with van der Waals surface area (Å²) in [5.74, 6) is 0.0511. The summed E-state index contributed by atoms with van der Waals surface area (Å²) in [6.07, 6.45) is 6.66. The molecule has 2 aliphatic rings. The van der Waals surface area contributed by atoms with E-state index in [1.54, 1.807) is 6.20 Å². The van der Waals surface area contributed by atoms with Gasteiger partial charge in [0.25, 0.3) is 5.91 Å². The molecule has 1 aromatic heterocycles. The number of hydrogen-bond acceptors (Lipinski definition) is 4. The van der Waals surface area contributed by atoms with Gasteiger partial charge < -0.3 is 10.0 Å². The number of likely N-dealkylation sites (tertiary alicyclic amines) is 1. The lowest BCUT2D eigenvalue weighted by molar-refractivity contribution is 0.0980. The van der Waals surface area contributed by atoms with Gasteiger partial charge in [-0.15, -0.1) is 0 Å². The van der Waals surface area contributed by atoms with Gasteiger partial charge in [-0.25, -0.2) is 0 Å². The van der Waals surface area contributed by atoms with Crippen molar-refractivity contribution in [2.45, 2.75) is 31.8 Å². The van der Waals surface area contributed by atoms with E-state index in [1.165, 1.54) is 0 Å². The predicted octanol–water partition coefficient (Wildman–Crippen LogP) is 2.24. The van der Waals surface area contributed by atoms with E-state index in [0.29, 0.717) is 6.54 Å². The first-order valence-corrected chi connectivity index (χ1v) is 8.95. The molecule has 130 valence electrons. The third kappa shape index (κ3) is 3.17. The Morgan fingerprint density at radius 2 is 2.08 bits per heavy atom. The number of fused-ring (bicyclic) bond motifs is 1. The molecule has 25 heavy (non-hydrogen) atoms. The highest BCUT2D eigenvalue weighted by Crippen LogP contribution is 2.26. The number of pyridine rings is 1. The quantitative estimate of drug-likeness (QED) is 0.930. The van der Waals surface area contributed by atoms with Crippen LogP contribution in [-0.4, -0.2) is 46.6 Å². The van der Waals surface area contributed by atoms with Crippen LogP contribution in [0.1, 0.15) is 34.3 Å². The normalized spacial score (nSPS) is 20.8. The fourth-order valence-electron chi connectivity index (χ4n) is 3.93. The molecule has 0 spiro atoms. The summed E-state index contributed by atoms with van der Waals surface area (Å²) in [5, 5.41) is 9.49. The molecule has 2 aromatic rings. The summed E-state index contributed by atoms with van der Waals surface area (Å²) in [4.78, 5) is 21.3. The van der Waals surface area contributed by atoms with Crippen LogP contribution in [0, 0.1) is 0 Å². The first-order chi connectivity index (χ1) is 12.3. The van der Waals surface area contributed by atoms with Crippen LogP contribution < -0.4 is 4.90 Å². The second-order valence-electron chi connectivity index (χ2n) is 6.86. The number of hydrogen-bond donors (Lipinski definition) is 1. The molecule has 0 radical (unpaired) electrons. The SMILES string of the molecule is O=C1c2ccccc2CCN1c1cncc(CN2CCC[C@@H]2CO)c1. The van der Waals surface area contributed by atoms with E-state index in [-0.39, 0.29) is 18.6 Å². The van der Waals surface area contributed by atoms with Crippen molar-refractivity contribution >= 4 is 11.6 Å². The Bertz CT molecular complexity index is 777. The van der Waals surface area contributed by atoms with Gasteiger partial charge in [-0.05, 0) is 49.1 Å². The molecule has 0 bridgehead atoms. The van der Waals surface area contributed by atoms with E-state index in [2.05, 4.69) is 16.0 Å². The van der Waals surface area contributed by atoms with Gasteiger partial charge in [0.1, 0.15) is 0 Å². The molecule has 2 aliphatic heterocycles. The molecule has 1 N–H and O–H groups in total. The highest BCUT2D eigenvalue weighted by molar-refractivity contribution is 6.08. The fourth-order valence-corrected chi connectivity index (χ4v) is 3.93. The van der Waals surface area contributed by atoms with Gasteiger partial charge in [0, 0.05) is 30.9 Å². The van der Waals surface area contributed by atoms with Crippen molar-refractivity contribution in [2.24, 2.45) is 0 Å². The first-order valence-electron chi connectivity index (χ1n) is 8.95. The van der Waals surface area contributed by atoms with Crippen molar-refractivity contribution in [3.8, 4) is 0 Å². The third-order valence-corrected chi connectivity index (χ3v) is 5.29. The average molecular weight is 337 g/mol. The molecule has 1 amide bonds. The molecule has 1 fully saturated rings. The minimum atomic E-state index is 0.0511. The van der Waals surface area contributed by atoms with Gasteiger partial charge in [-0.2, -0.15) is 0 Å². The Labute approximate surface area is 147 Å². The molecule has 1 saturated heterocycles. The number of carbonyl (C=O) groups excluding carboxylic acids is 1. The molecular weight excluding hydrogens is 314 g/mol. The van der Waals surface area contributed by atoms with Crippen LogP contribution in [0.5, 0.6) is 0 Å². The molecule has 0 aliphatic carbocycles. The largest absolute Gasteiger partial charge is 0.395 e. The van der Waals surface area contributed by atoms with Crippen LogP contribution in [0.25, 0.3) is 0 Å². The highest BCUT2D eigenvalue weighted by atomic mass is 16.3. The number of rotatable bonds is 4. The first kappa shape index (κ1) is 16.2. The molecule has 1 aromatic carbocycles. The Balaban J connectivity index is 1.55. The van der Waals surface area contributed by atoms with E-state index >= 15 is 0 Å². The smallest absolute Gasteiger partial charge is 0.258 e. The zero-order valence-corrected chi connectivity index (χ0v) is 14.3. The van der Waals surface area contributed by atoms with Gasteiger partial charge >= 0.3 is 0 Å². The summed E-state index contributed by atoms with van der Waals surface area (Å²) in [5.41, 5.74) is 3.86. The van der Waals surface area contributed by atoms with Gasteiger partial charge in [0.15, 0.2) is 0 Å². The second-order valence-corrected chi connectivity index (χ2v) is 6.86. The number of nitrogens with zero attached hydrogens (tertiary/aromatic N) is 3. The van der Waals surface area contributed by atoms with Crippen LogP contribution in [0.3, 0.4) is 0 Å². The third-order valence-electron chi connectivity index (χ3n) is 5.29. The zero-order chi connectivity index (χ0) is 17.2. The number of anilines is 1. The molecule has 0 unspecified atom stereocenters. The zero-order valence-electron chi connectivity index (χ0n) is 14.3. The van der Waals surface area contributed by atoms with Crippen LogP contribution in [0.4, 0.5) is 5.69 Å². The highest BCUT2D eigenvalue weighted by Gasteiger charge is 2.26. The Morgan fingerprint density at radius 3 is 2.96 bits per heavy atom. The summed E-state index contributed by atoms with van der Waals surface area (Å²) in [6, 6.07) is 10.1. The van der Waals surface area contributed by atoms with Crippen molar-refractivity contribution in [2.75, 3.05) is 24.6 Å². The van der Waals surface area contributed by atoms with Crippen molar-refractivity contribution in [1.82, 2.24) is 9.88 Å². The summed E-state index contributed by atoms with van der Waals surface area (Å²) < 4.78 is 0. The fraction of sp³-hybridized carbons (Fsp3) is 0.400. The van der Waals surface area contributed by atoms with Crippen molar-refractivity contribution in [3.05, 3.63) is 59.4 Å². The van der Waals surface area contributed by atoms with Crippen LogP contribution in [0.2, 0.25) is 0 Å². The number of carbonyl (C=O) groups is 1. The van der Waals surface area contributed by atoms with E-state index < -0.39 is 0 Å². The molecular formula is C20H23N3O2. The lowest BCUT2D eigenvalue weighted by atomic mass is 9.99. The van der Waals surface area contributed by atoms with Gasteiger partial charge in [-0.3, -0.25) is 14.7 Å². The molecule has 0 saturated carbocycles. The maximum Gasteiger partial charge on any atom is 0.258 e. The van der Waals surface area contributed by atoms with Crippen LogP contribution >= 0.6 is 0 Å². The average Bonchev–Trinajstić information content (AvgIpc) is 3.09. The maximum absolute atomic E-state index is 12.8. The predicted molar refractivity (Wildman–Crippen MR) is 96.6 cm³/mol. The Kier molecular flexibility index (Phi) is 4.51. The van der Waals surface area contributed by atoms with Gasteiger partial charge in [0.2, 0.25) is 0 Å². The topological polar surface area (TPSA) is 56.7 Å². The molecule has 3 heterocycles. The van der Waals surface area contributed by atoms with E-state index in [0.717, 1.165) is 54.7 Å². The number of benzene rings is 1. The number of aliphatic hydroxyl groups is 1. The van der Waals surface area contributed by atoms with Crippen molar-refractivity contribution in [1.29, 1.82) is 0 Å². The number of aromatic nitrogens is 1. The maximum atomic E-state index is 12.8. The number of amides is 1. The summed E-state index contributed by atoms with van der Waals surface area (Å²) in [7, 11) is 0. The second kappa shape index (κ2) is 6.94. The Morgan fingerprint density at radius 1 is 1.20 bits per heavy atom. The lowest BCUT2D eigenvalue weighted by Gasteiger charge is -2.29. The molecule has 5 heteroatoms. The van der Waals surface area contributed by atoms with Crippen LogP contribution in [-0.2, 0) is 13.0 Å². The monoisotopic (exact) mass is 337 g/mol.